The zero-order valence-electron chi connectivity index (χ0n) is 15.8. The first-order valence-electron chi connectivity index (χ1n) is 9.21. The number of nitrogens with zero attached hydrogens (tertiary/aromatic N) is 2. The van der Waals surface area contributed by atoms with Crippen LogP contribution in [0.2, 0.25) is 0 Å². The molecule has 2 aliphatic heterocycles. The molecule has 0 N–H and O–H groups in total. The molecular formula is C21H21FN2O3S. The van der Waals surface area contributed by atoms with Gasteiger partial charge in [-0.2, -0.15) is 0 Å². The fourth-order valence-corrected chi connectivity index (χ4v) is 5.39. The molecule has 5 nitrogen and oxygen atoms in total. The highest BCUT2D eigenvalue weighted by atomic mass is 32.2. The second-order valence-electron chi connectivity index (χ2n) is 6.76. The molecule has 4 rings (SSSR count). The van der Waals surface area contributed by atoms with E-state index in [1.54, 1.807) is 48.1 Å². The first-order valence-corrected chi connectivity index (χ1v) is 10.2. The zero-order valence-corrected chi connectivity index (χ0v) is 16.6. The molecule has 2 amide bonds. The van der Waals surface area contributed by atoms with Gasteiger partial charge in [-0.05, 0) is 24.3 Å². The number of amides is 2. The summed E-state index contributed by atoms with van der Waals surface area (Å²) in [5.74, 6) is 0.659. The number of halogens is 1. The Morgan fingerprint density at radius 1 is 1.29 bits per heavy atom. The number of carbonyl (C=O) groups is 2. The van der Waals surface area contributed by atoms with Gasteiger partial charge in [-0.3, -0.25) is 9.59 Å². The largest absolute Gasteiger partial charge is 0.497 e. The second-order valence-corrected chi connectivity index (χ2v) is 8.04. The molecule has 28 heavy (non-hydrogen) atoms. The summed E-state index contributed by atoms with van der Waals surface area (Å²) in [7, 11) is 1.57. The maximum absolute atomic E-state index is 14.3. The van der Waals surface area contributed by atoms with Crippen molar-refractivity contribution >= 4 is 29.3 Å². The minimum absolute atomic E-state index is 0.0696. The van der Waals surface area contributed by atoms with E-state index >= 15 is 0 Å². The lowest BCUT2D eigenvalue weighted by molar-refractivity contribution is -0.139. The molecule has 2 aromatic rings. The third kappa shape index (κ3) is 2.68. The van der Waals surface area contributed by atoms with Crippen LogP contribution in [0.25, 0.3) is 0 Å². The number of benzene rings is 2. The summed E-state index contributed by atoms with van der Waals surface area (Å²) in [5, 5.41) is 0. The van der Waals surface area contributed by atoms with Crippen LogP contribution in [0.4, 0.5) is 10.1 Å². The van der Waals surface area contributed by atoms with E-state index in [4.69, 9.17) is 4.74 Å². The zero-order chi connectivity index (χ0) is 19.9. The molecule has 0 bridgehead atoms. The van der Waals surface area contributed by atoms with Gasteiger partial charge in [0.05, 0.1) is 19.3 Å². The normalized spacial score (nSPS) is 20.8. The standard InChI is InChI=1S/C21H21FN2O3S/c1-3-19(25)24-10-11-28-21(24)16-12-15(27-2)8-9-18(16)23(20(21)26)13-14-6-4-5-7-17(14)22/h4-9,12H,3,10-11,13H2,1-2H3. The van der Waals surface area contributed by atoms with Crippen LogP contribution in [0, 0.1) is 5.82 Å². The number of fused-ring (bicyclic) bond motifs is 2. The van der Waals surface area contributed by atoms with E-state index in [1.165, 1.54) is 17.8 Å². The minimum atomic E-state index is -1.11. The first kappa shape index (κ1) is 18.8. The van der Waals surface area contributed by atoms with Gasteiger partial charge in [0.25, 0.3) is 5.91 Å². The maximum Gasteiger partial charge on any atom is 0.268 e. The Hall–Kier alpha value is -2.54. The van der Waals surface area contributed by atoms with Crippen molar-refractivity contribution in [2.24, 2.45) is 0 Å². The summed E-state index contributed by atoms with van der Waals surface area (Å²) in [6.07, 6.45) is 0.322. The predicted octanol–water partition coefficient (Wildman–Crippen LogP) is 3.52. The van der Waals surface area contributed by atoms with Crippen molar-refractivity contribution in [3.05, 3.63) is 59.4 Å². The lowest BCUT2D eigenvalue weighted by Gasteiger charge is -2.33. The SMILES string of the molecule is CCC(=O)N1CCSC12C(=O)N(Cc1ccccc1F)c1ccc(OC)cc12. The highest BCUT2D eigenvalue weighted by molar-refractivity contribution is 8.01. The number of hydrogen-bond acceptors (Lipinski definition) is 4. The average molecular weight is 400 g/mol. The second kappa shape index (κ2) is 7.13. The van der Waals surface area contributed by atoms with E-state index in [-0.39, 0.29) is 24.2 Å². The number of carbonyl (C=O) groups excluding carboxylic acids is 2. The molecular weight excluding hydrogens is 379 g/mol. The molecule has 2 heterocycles. The van der Waals surface area contributed by atoms with Gasteiger partial charge in [0.1, 0.15) is 11.6 Å². The van der Waals surface area contributed by atoms with Crippen molar-refractivity contribution in [3.8, 4) is 5.75 Å². The molecule has 0 aliphatic carbocycles. The van der Waals surface area contributed by atoms with Gasteiger partial charge in [-0.25, -0.2) is 4.39 Å². The Morgan fingerprint density at radius 3 is 2.79 bits per heavy atom. The Labute approximate surface area is 167 Å². The molecule has 0 radical (unpaired) electrons. The molecule has 0 saturated carbocycles. The van der Waals surface area contributed by atoms with Gasteiger partial charge < -0.3 is 14.5 Å². The highest BCUT2D eigenvalue weighted by Gasteiger charge is 2.59. The van der Waals surface area contributed by atoms with E-state index in [0.29, 0.717) is 35.7 Å². The Bertz CT molecular complexity index is 951. The van der Waals surface area contributed by atoms with E-state index < -0.39 is 4.87 Å². The fraction of sp³-hybridized carbons (Fsp3) is 0.333. The molecule has 1 unspecified atom stereocenters. The number of anilines is 1. The quantitative estimate of drug-likeness (QED) is 0.788. The van der Waals surface area contributed by atoms with Crippen LogP contribution >= 0.6 is 11.8 Å². The van der Waals surface area contributed by atoms with Gasteiger partial charge in [0, 0.05) is 29.8 Å². The van der Waals surface area contributed by atoms with Gasteiger partial charge in [-0.1, -0.05) is 25.1 Å². The third-order valence-electron chi connectivity index (χ3n) is 5.29. The van der Waals surface area contributed by atoms with Crippen LogP contribution < -0.4 is 9.64 Å². The summed E-state index contributed by atoms with van der Waals surface area (Å²) in [6, 6.07) is 11.9. The molecule has 1 fully saturated rings. The predicted molar refractivity (Wildman–Crippen MR) is 107 cm³/mol. The topological polar surface area (TPSA) is 49.9 Å². The van der Waals surface area contributed by atoms with Crippen LogP contribution in [0.3, 0.4) is 0 Å². The Morgan fingerprint density at radius 2 is 2.07 bits per heavy atom. The fourth-order valence-electron chi connectivity index (χ4n) is 3.92. The molecule has 146 valence electrons. The molecule has 2 aromatic carbocycles. The van der Waals surface area contributed by atoms with E-state index in [1.807, 2.05) is 12.1 Å². The lowest BCUT2D eigenvalue weighted by atomic mass is 10.0. The van der Waals surface area contributed by atoms with Crippen molar-refractivity contribution < 1.29 is 18.7 Å². The van der Waals surface area contributed by atoms with Gasteiger partial charge >= 0.3 is 0 Å². The van der Waals surface area contributed by atoms with E-state index in [0.717, 1.165) is 5.56 Å². The highest BCUT2D eigenvalue weighted by Crippen LogP contribution is 2.55. The van der Waals surface area contributed by atoms with Gasteiger partial charge in [-0.15, -0.1) is 11.8 Å². The maximum atomic E-state index is 14.3. The monoisotopic (exact) mass is 400 g/mol. The minimum Gasteiger partial charge on any atom is -0.497 e. The lowest BCUT2D eigenvalue weighted by Crippen LogP contribution is -2.50. The summed E-state index contributed by atoms with van der Waals surface area (Å²) in [4.78, 5) is 28.5. The van der Waals surface area contributed by atoms with Crippen LogP contribution in [0.15, 0.2) is 42.5 Å². The summed E-state index contributed by atoms with van der Waals surface area (Å²) >= 11 is 1.46. The summed E-state index contributed by atoms with van der Waals surface area (Å²) in [6.45, 7) is 2.41. The van der Waals surface area contributed by atoms with E-state index in [9.17, 15) is 14.0 Å². The summed E-state index contributed by atoms with van der Waals surface area (Å²) < 4.78 is 19.6. The van der Waals surface area contributed by atoms with Crippen molar-refractivity contribution in [1.29, 1.82) is 0 Å². The summed E-state index contributed by atoms with van der Waals surface area (Å²) in [5.41, 5.74) is 1.86. The van der Waals surface area contributed by atoms with Crippen molar-refractivity contribution in [2.45, 2.75) is 24.8 Å². The van der Waals surface area contributed by atoms with Crippen molar-refractivity contribution in [2.75, 3.05) is 24.3 Å². The smallest absolute Gasteiger partial charge is 0.268 e. The number of thioether (sulfide) groups is 1. The molecule has 2 aliphatic rings. The molecule has 0 aromatic heterocycles. The number of ether oxygens (including phenoxy) is 1. The van der Waals surface area contributed by atoms with Crippen LogP contribution in [0.1, 0.15) is 24.5 Å². The molecule has 1 saturated heterocycles. The van der Waals surface area contributed by atoms with E-state index in [2.05, 4.69) is 0 Å². The molecule has 7 heteroatoms. The first-order chi connectivity index (χ1) is 13.5. The number of rotatable bonds is 4. The Balaban J connectivity index is 1.85. The number of methoxy groups -OCH3 is 1. The van der Waals surface area contributed by atoms with Crippen LogP contribution in [0.5, 0.6) is 5.75 Å². The van der Waals surface area contributed by atoms with Crippen molar-refractivity contribution in [1.82, 2.24) is 4.90 Å². The third-order valence-corrected chi connectivity index (χ3v) is 6.71. The Kier molecular flexibility index (Phi) is 4.79. The van der Waals surface area contributed by atoms with Crippen molar-refractivity contribution in [3.63, 3.8) is 0 Å². The molecule has 1 spiro atoms. The van der Waals surface area contributed by atoms with Gasteiger partial charge in [0.15, 0.2) is 4.87 Å². The molecule has 1 atom stereocenters. The average Bonchev–Trinajstić information content (AvgIpc) is 3.26. The van der Waals surface area contributed by atoms with Crippen LogP contribution in [-0.4, -0.2) is 36.1 Å². The van der Waals surface area contributed by atoms with Gasteiger partial charge in [0.2, 0.25) is 5.91 Å². The van der Waals surface area contributed by atoms with Crippen LogP contribution in [-0.2, 0) is 21.0 Å². The number of hydrogen-bond donors (Lipinski definition) is 0.